The summed E-state index contributed by atoms with van der Waals surface area (Å²) in [6, 6.07) is 9.43. The van der Waals surface area contributed by atoms with Gasteiger partial charge in [0, 0.05) is 35.6 Å². The van der Waals surface area contributed by atoms with Crippen LogP contribution in [0, 0.1) is 6.92 Å². The van der Waals surface area contributed by atoms with Crippen LogP contribution in [-0.4, -0.2) is 17.7 Å². The van der Waals surface area contributed by atoms with Crippen LogP contribution in [0.3, 0.4) is 0 Å². The zero-order chi connectivity index (χ0) is 12.4. The summed E-state index contributed by atoms with van der Waals surface area (Å²) in [4.78, 5) is 0. The second-order valence-electron chi connectivity index (χ2n) is 4.78. The van der Waals surface area contributed by atoms with Crippen molar-refractivity contribution in [2.24, 2.45) is 0 Å². The van der Waals surface area contributed by atoms with Gasteiger partial charge in [-0.1, -0.05) is 12.1 Å². The third-order valence-corrected chi connectivity index (χ3v) is 3.57. The van der Waals surface area contributed by atoms with Crippen LogP contribution in [0.25, 0.3) is 10.9 Å². The zero-order valence-corrected chi connectivity index (χ0v) is 11.2. The van der Waals surface area contributed by atoms with E-state index in [1.807, 2.05) is 7.05 Å². The molecule has 0 aliphatic carbocycles. The minimum atomic E-state index is 0.518. The maximum atomic E-state index is 3.31. The number of benzene rings is 1. The van der Waals surface area contributed by atoms with Crippen LogP contribution < -0.4 is 5.32 Å². The minimum absolute atomic E-state index is 0.518. The van der Waals surface area contributed by atoms with Gasteiger partial charge >= 0.3 is 0 Å². The Bertz CT molecular complexity index is 511. The van der Waals surface area contributed by atoms with Crippen molar-refractivity contribution in [2.75, 3.05) is 7.05 Å². The quantitative estimate of drug-likeness (QED) is 0.854. The van der Waals surface area contributed by atoms with Gasteiger partial charge in [0.15, 0.2) is 0 Å². The third kappa shape index (κ3) is 2.22. The Labute approximate surface area is 104 Å². The Morgan fingerprint density at radius 1 is 1.35 bits per heavy atom. The fourth-order valence-corrected chi connectivity index (χ4v) is 2.45. The summed E-state index contributed by atoms with van der Waals surface area (Å²) in [5.41, 5.74) is 4.16. The van der Waals surface area contributed by atoms with Crippen molar-refractivity contribution in [3.8, 4) is 0 Å². The number of aromatic nitrogens is 1. The van der Waals surface area contributed by atoms with Gasteiger partial charge in [-0.3, -0.25) is 0 Å². The molecular formula is C15H22N2. The van der Waals surface area contributed by atoms with E-state index in [2.05, 4.69) is 54.9 Å². The first-order valence-electron chi connectivity index (χ1n) is 6.42. The molecule has 0 aliphatic heterocycles. The van der Waals surface area contributed by atoms with E-state index in [0.717, 1.165) is 13.0 Å². The first-order chi connectivity index (χ1) is 8.17. The number of aryl methyl sites for hydroxylation is 2. The number of fused-ring (bicyclic) bond motifs is 1. The molecular weight excluding hydrogens is 208 g/mol. The lowest BCUT2D eigenvalue weighted by Gasteiger charge is -2.12. The third-order valence-electron chi connectivity index (χ3n) is 3.57. The number of nitrogens with one attached hydrogen (secondary N) is 1. The smallest absolute Gasteiger partial charge is 0.0485 e. The topological polar surface area (TPSA) is 17.0 Å². The van der Waals surface area contributed by atoms with E-state index in [0.29, 0.717) is 6.04 Å². The van der Waals surface area contributed by atoms with Crippen molar-refractivity contribution in [2.45, 2.75) is 39.8 Å². The maximum Gasteiger partial charge on any atom is 0.0485 e. The molecule has 0 saturated carbocycles. The van der Waals surface area contributed by atoms with Crippen molar-refractivity contribution in [1.29, 1.82) is 0 Å². The molecule has 1 aromatic carbocycles. The fraction of sp³-hybridized carbons (Fsp3) is 0.467. The number of nitrogens with zero attached hydrogens (tertiary/aromatic N) is 1. The Morgan fingerprint density at radius 2 is 2.12 bits per heavy atom. The Hall–Kier alpha value is -1.28. The molecule has 0 aliphatic rings. The van der Waals surface area contributed by atoms with Gasteiger partial charge in [-0.2, -0.15) is 0 Å². The number of rotatable bonds is 4. The first-order valence-corrected chi connectivity index (χ1v) is 6.42. The highest BCUT2D eigenvalue weighted by Gasteiger charge is 2.10. The van der Waals surface area contributed by atoms with E-state index in [4.69, 9.17) is 0 Å². The fourth-order valence-electron chi connectivity index (χ4n) is 2.45. The molecule has 0 bridgehead atoms. The highest BCUT2D eigenvalue weighted by atomic mass is 15.0. The molecule has 2 nitrogen and oxygen atoms in total. The van der Waals surface area contributed by atoms with E-state index in [-0.39, 0.29) is 0 Å². The van der Waals surface area contributed by atoms with Crippen molar-refractivity contribution in [3.05, 3.63) is 35.5 Å². The number of likely N-dealkylation sites (N-methyl/N-ethyl adjacent to an activating group) is 1. The van der Waals surface area contributed by atoms with Gasteiger partial charge in [-0.15, -0.1) is 0 Å². The Balaban J connectivity index is 2.52. The monoisotopic (exact) mass is 230 g/mol. The van der Waals surface area contributed by atoms with Crippen LogP contribution in [0.4, 0.5) is 0 Å². The van der Waals surface area contributed by atoms with Crippen LogP contribution in [0.2, 0.25) is 0 Å². The van der Waals surface area contributed by atoms with Crippen molar-refractivity contribution < 1.29 is 0 Å². The number of hydrogen-bond donors (Lipinski definition) is 1. The summed E-state index contributed by atoms with van der Waals surface area (Å²) in [5.74, 6) is 0. The SMILES string of the molecule is CCn1c(CC(C)NC)cc2c(C)cccc21. The molecule has 2 rings (SSSR count). The number of hydrogen-bond acceptors (Lipinski definition) is 1. The predicted molar refractivity (Wildman–Crippen MR) is 74.6 cm³/mol. The molecule has 1 N–H and O–H groups in total. The first kappa shape index (κ1) is 12.2. The maximum absolute atomic E-state index is 3.31. The van der Waals surface area contributed by atoms with Gasteiger partial charge < -0.3 is 9.88 Å². The van der Waals surface area contributed by atoms with Crippen molar-refractivity contribution in [1.82, 2.24) is 9.88 Å². The summed E-state index contributed by atoms with van der Waals surface area (Å²) in [5, 5.41) is 4.71. The van der Waals surface area contributed by atoms with E-state index in [1.54, 1.807) is 0 Å². The largest absolute Gasteiger partial charge is 0.345 e. The molecule has 17 heavy (non-hydrogen) atoms. The van der Waals surface area contributed by atoms with Crippen LogP contribution >= 0.6 is 0 Å². The van der Waals surface area contributed by atoms with Crippen LogP contribution in [0.15, 0.2) is 24.3 Å². The lowest BCUT2D eigenvalue weighted by atomic mass is 10.1. The van der Waals surface area contributed by atoms with Gasteiger partial charge in [0.1, 0.15) is 0 Å². The van der Waals surface area contributed by atoms with E-state index >= 15 is 0 Å². The molecule has 2 heteroatoms. The molecule has 1 aromatic heterocycles. The summed E-state index contributed by atoms with van der Waals surface area (Å²) in [7, 11) is 2.02. The van der Waals surface area contributed by atoms with Crippen LogP contribution in [0.5, 0.6) is 0 Å². The second kappa shape index (κ2) is 4.92. The molecule has 1 unspecified atom stereocenters. The summed E-state index contributed by atoms with van der Waals surface area (Å²) >= 11 is 0. The average molecular weight is 230 g/mol. The van der Waals surface area contributed by atoms with E-state index in [9.17, 15) is 0 Å². The Morgan fingerprint density at radius 3 is 2.76 bits per heavy atom. The average Bonchev–Trinajstić information content (AvgIpc) is 2.68. The minimum Gasteiger partial charge on any atom is -0.345 e. The summed E-state index contributed by atoms with van der Waals surface area (Å²) in [6.45, 7) is 7.67. The molecule has 1 atom stereocenters. The molecule has 0 radical (unpaired) electrons. The van der Waals surface area contributed by atoms with E-state index in [1.165, 1.54) is 22.2 Å². The van der Waals surface area contributed by atoms with Gasteiger partial charge in [0.2, 0.25) is 0 Å². The standard InChI is InChI=1S/C15H22N2/c1-5-17-13(9-12(3)16-4)10-14-11(2)7-6-8-15(14)17/h6-8,10,12,16H,5,9H2,1-4H3. The van der Waals surface area contributed by atoms with Crippen LogP contribution in [0.1, 0.15) is 25.1 Å². The molecule has 2 aromatic rings. The molecule has 0 fully saturated rings. The molecule has 0 spiro atoms. The van der Waals surface area contributed by atoms with Crippen LogP contribution in [-0.2, 0) is 13.0 Å². The molecule has 92 valence electrons. The van der Waals surface area contributed by atoms with Crippen molar-refractivity contribution >= 4 is 10.9 Å². The van der Waals surface area contributed by atoms with Gasteiger partial charge in [-0.25, -0.2) is 0 Å². The van der Waals surface area contributed by atoms with E-state index < -0.39 is 0 Å². The van der Waals surface area contributed by atoms with Crippen molar-refractivity contribution in [3.63, 3.8) is 0 Å². The molecule has 0 amide bonds. The van der Waals surface area contributed by atoms with Gasteiger partial charge in [0.25, 0.3) is 0 Å². The lowest BCUT2D eigenvalue weighted by molar-refractivity contribution is 0.581. The molecule has 1 heterocycles. The zero-order valence-electron chi connectivity index (χ0n) is 11.2. The normalized spacial score (nSPS) is 13.2. The summed E-state index contributed by atoms with van der Waals surface area (Å²) < 4.78 is 2.43. The highest BCUT2D eigenvalue weighted by molar-refractivity contribution is 5.84. The lowest BCUT2D eigenvalue weighted by Crippen LogP contribution is -2.24. The Kier molecular flexibility index (Phi) is 3.53. The van der Waals surface area contributed by atoms with Gasteiger partial charge in [-0.05, 0) is 45.5 Å². The summed E-state index contributed by atoms with van der Waals surface area (Å²) in [6.07, 6.45) is 1.08. The molecule has 0 saturated heterocycles. The second-order valence-corrected chi connectivity index (χ2v) is 4.78. The van der Waals surface area contributed by atoms with Gasteiger partial charge in [0.05, 0.1) is 0 Å². The predicted octanol–water partition coefficient (Wildman–Crippen LogP) is 3.12. The highest BCUT2D eigenvalue weighted by Crippen LogP contribution is 2.23.